The van der Waals surface area contributed by atoms with E-state index >= 15 is 0 Å². The second-order valence-electron chi connectivity index (χ2n) is 3.99. The fourth-order valence-electron chi connectivity index (χ4n) is 1.63. The van der Waals surface area contributed by atoms with Crippen LogP contribution in [-0.4, -0.2) is 13.3 Å². The third-order valence-corrected chi connectivity index (χ3v) is 2.64. The van der Waals surface area contributed by atoms with E-state index < -0.39 is 0 Å². The first-order chi connectivity index (χ1) is 9.83. The van der Waals surface area contributed by atoms with Crippen LogP contribution in [0.25, 0.3) is 0 Å². The van der Waals surface area contributed by atoms with E-state index in [4.69, 9.17) is 14.8 Å². The largest absolute Gasteiger partial charge is 0.497 e. The Labute approximate surface area is 117 Å². The van der Waals surface area contributed by atoms with Crippen molar-refractivity contribution in [3.8, 4) is 11.8 Å². The molecule has 0 fully saturated rings. The minimum Gasteiger partial charge on any atom is -0.497 e. The lowest BCUT2D eigenvalue weighted by molar-refractivity contribution is 0.132. The van der Waals surface area contributed by atoms with Crippen LogP contribution in [0.5, 0.6) is 5.75 Å². The Bertz CT molecular complexity index is 645. The molecule has 1 radical (unpaired) electrons. The summed E-state index contributed by atoms with van der Waals surface area (Å²) in [6.45, 7) is 0.318. The molecule has 0 bridgehead atoms. The smallest absolute Gasteiger partial charge is 0.142 e. The maximum Gasteiger partial charge on any atom is 0.142 e. The summed E-state index contributed by atoms with van der Waals surface area (Å²) in [7, 11) is 1.62. The van der Waals surface area contributed by atoms with Gasteiger partial charge in [0, 0.05) is 5.56 Å². The summed E-state index contributed by atoms with van der Waals surface area (Å²) < 4.78 is 5.12. The van der Waals surface area contributed by atoms with Crippen LogP contribution in [0.15, 0.2) is 53.7 Å². The summed E-state index contributed by atoms with van der Waals surface area (Å²) in [6, 6.07) is 16.7. The van der Waals surface area contributed by atoms with E-state index in [1.165, 1.54) is 0 Å². The van der Waals surface area contributed by atoms with Gasteiger partial charge in [-0.2, -0.15) is 5.26 Å². The van der Waals surface area contributed by atoms with Crippen molar-refractivity contribution in [1.29, 1.82) is 5.26 Å². The first-order valence-electron chi connectivity index (χ1n) is 6.03. The van der Waals surface area contributed by atoms with Crippen molar-refractivity contribution >= 4 is 6.21 Å². The molecule has 4 heteroatoms. The molecule has 20 heavy (non-hydrogen) atoms. The maximum atomic E-state index is 8.92. The van der Waals surface area contributed by atoms with Gasteiger partial charge in [0.15, 0.2) is 0 Å². The molecule has 0 unspecified atom stereocenters. The molecule has 0 saturated carbocycles. The molecule has 0 aromatic heterocycles. The van der Waals surface area contributed by atoms with E-state index in [0.717, 1.165) is 11.3 Å². The number of nitrogens with zero attached hydrogens (tertiary/aromatic N) is 2. The summed E-state index contributed by atoms with van der Waals surface area (Å²) in [6.07, 6.45) is 2.71. The Hall–Kier alpha value is -2.80. The molecule has 4 nitrogen and oxygen atoms in total. The average molecular weight is 265 g/mol. The van der Waals surface area contributed by atoms with Crippen molar-refractivity contribution in [3.63, 3.8) is 0 Å². The summed E-state index contributed by atoms with van der Waals surface area (Å²) in [5, 5.41) is 12.7. The van der Waals surface area contributed by atoms with Gasteiger partial charge in [-0.25, -0.2) is 0 Å². The fraction of sp³-hybridized carbons (Fsp3) is 0.125. The zero-order valence-corrected chi connectivity index (χ0v) is 11.0. The Balaban J connectivity index is 1.95. The molecule has 0 amide bonds. The first-order valence-corrected chi connectivity index (χ1v) is 6.03. The van der Waals surface area contributed by atoms with Gasteiger partial charge in [0.2, 0.25) is 0 Å². The Kier molecular flexibility index (Phi) is 4.74. The SMILES string of the molecule is COc1cccc(CO/N=[C]\c2ccccc2C#N)c1. The minimum absolute atomic E-state index is 0.318. The number of hydrogen-bond acceptors (Lipinski definition) is 4. The maximum absolute atomic E-state index is 8.92. The van der Waals surface area contributed by atoms with Gasteiger partial charge in [-0.15, -0.1) is 0 Å². The molecule has 0 saturated heterocycles. The molecule has 0 aliphatic carbocycles. The van der Waals surface area contributed by atoms with Crippen LogP contribution >= 0.6 is 0 Å². The van der Waals surface area contributed by atoms with E-state index in [0.29, 0.717) is 17.7 Å². The predicted molar refractivity (Wildman–Crippen MR) is 75.5 cm³/mol. The zero-order valence-electron chi connectivity index (χ0n) is 11.0. The molecular formula is C16H13N2O2. The molecule has 2 aromatic carbocycles. The van der Waals surface area contributed by atoms with Crippen LogP contribution in [0, 0.1) is 11.3 Å². The van der Waals surface area contributed by atoms with Gasteiger partial charge in [0.05, 0.1) is 18.7 Å². The van der Waals surface area contributed by atoms with E-state index in [1.54, 1.807) is 25.3 Å². The quantitative estimate of drug-likeness (QED) is 0.617. The zero-order chi connectivity index (χ0) is 14.2. The van der Waals surface area contributed by atoms with Crippen molar-refractivity contribution in [2.24, 2.45) is 5.16 Å². The molecule has 2 rings (SSSR count). The van der Waals surface area contributed by atoms with Crippen molar-refractivity contribution in [2.75, 3.05) is 7.11 Å². The molecule has 2 aromatic rings. The molecule has 0 N–H and O–H groups in total. The standard InChI is InChI=1S/C16H13N2O2/c1-19-16-8-4-5-13(9-16)12-20-18-11-15-7-3-2-6-14(15)10-17/h2-9H,12H2,1H3. The van der Waals surface area contributed by atoms with Crippen molar-refractivity contribution in [2.45, 2.75) is 6.61 Å². The lowest BCUT2D eigenvalue weighted by Crippen LogP contribution is -1.91. The monoisotopic (exact) mass is 265 g/mol. The van der Waals surface area contributed by atoms with Gasteiger partial charge < -0.3 is 9.57 Å². The highest BCUT2D eigenvalue weighted by atomic mass is 16.6. The van der Waals surface area contributed by atoms with Crippen LogP contribution in [0.4, 0.5) is 0 Å². The van der Waals surface area contributed by atoms with Gasteiger partial charge in [-0.3, -0.25) is 0 Å². The van der Waals surface area contributed by atoms with E-state index in [-0.39, 0.29) is 0 Å². The van der Waals surface area contributed by atoms with Crippen LogP contribution in [0.2, 0.25) is 0 Å². The third-order valence-electron chi connectivity index (χ3n) is 2.64. The third kappa shape index (κ3) is 3.59. The molecule has 0 atom stereocenters. The van der Waals surface area contributed by atoms with Gasteiger partial charge in [0.25, 0.3) is 0 Å². The average Bonchev–Trinajstić information content (AvgIpc) is 2.52. The number of nitriles is 1. The summed E-state index contributed by atoms with van der Waals surface area (Å²) in [4.78, 5) is 5.17. The van der Waals surface area contributed by atoms with Crippen molar-refractivity contribution in [3.05, 3.63) is 65.2 Å². The number of benzene rings is 2. The van der Waals surface area contributed by atoms with E-state index in [2.05, 4.69) is 17.4 Å². The van der Waals surface area contributed by atoms with Crippen LogP contribution in [0.3, 0.4) is 0 Å². The number of ether oxygens (including phenoxy) is 1. The van der Waals surface area contributed by atoms with Gasteiger partial charge in [0.1, 0.15) is 18.6 Å². The Morgan fingerprint density at radius 3 is 2.65 bits per heavy atom. The second kappa shape index (κ2) is 6.95. The first kappa shape index (κ1) is 13.6. The van der Waals surface area contributed by atoms with E-state index in [1.807, 2.05) is 30.3 Å². The fourth-order valence-corrected chi connectivity index (χ4v) is 1.63. The predicted octanol–water partition coefficient (Wildman–Crippen LogP) is 2.99. The molecule has 0 spiro atoms. The molecule has 0 aliphatic heterocycles. The highest BCUT2D eigenvalue weighted by Crippen LogP contribution is 2.13. The van der Waals surface area contributed by atoms with Gasteiger partial charge in [-0.05, 0) is 23.8 Å². The van der Waals surface area contributed by atoms with Crippen molar-refractivity contribution < 1.29 is 9.57 Å². The number of hydrogen-bond donors (Lipinski definition) is 0. The molecule has 0 aliphatic rings. The van der Waals surface area contributed by atoms with Crippen LogP contribution in [-0.2, 0) is 11.4 Å². The number of rotatable bonds is 5. The summed E-state index contributed by atoms with van der Waals surface area (Å²) >= 11 is 0. The van der Waals surface area contributed by atoms with Crippen LogP contribution < -0.4 is 4.74 Å². The highest BCUT2D eigenvalue weighted by Gasteiger charge is 1.98. The Morgan fingerprint density at radius 2 is 1.90 bits per heavy atom. The normalized spacial score (nSPS) is 10.2. The lowest BCUT2D eigenvalue weighted by Gasteiger charge is -2.03. The molecule has 99 valence electrons. The van der Waals surface area contributed by atoms with Crippen LogP contribution in [0.1, 0.15) is 16.7 Å². The number of methoxy groups -OCH3 is 1. The lowest BCUT2D eigenvalue weighted by atomic mass is 10.1. The van der Waals surface area contributed by atoms with Crippen molar-refractivity contribution in [1.82, 2.24) is 0 Å². The van der Waals surface area contributed by atoms with Gasteiger partial charge in [-0.1, -0.05) is 35.5 Å². The summed E-state index contributed by atoms with van der Waals surface area (Å²) in [5.74, 6) is 0.772. The summed E-state index contributed by atoms with van der Waals surface area (Å²) in [5.41, 5.74) is 2.07. The topological polar surface area (TPSA) is 54.6 Å². The highest BCUT2D eigenvalue weighted by molar-refractivity contribution is 5.82. The second-order valence-corrected chi connectivity index (χ2v) is 3.99. The minimum atomic E-state index is 0.318. The van der Waals surface area contributed by atoms with E-state index in [9.17, 15) is 0 Å². The molecule has 0 heterocycles. The van der Waals surface area contributed by atoms with Gasteiger partial charge >= 0.3 is 0 Å². The molecular weight excluding hydrogens is 252 g/mol. The Morgan fingerprint density at radius 1 is 1.10 bits per heavy atom.